The molecule has 1 aromatic carbocycles. The number of hydrogen-bond acceptors (Lipinski definition) is 4. The molecule has 0 saturated heterocycles. The van der Waals surface area contributed by atoms with E-state index in [1.54, 1.807) is 12.1 Å². The van der Waals surface area contributed by atoms with Crippen molar-refractivity contribution in [2.75, 3.05) is 5.75 Å². The molecule has 0 radical (unpaired) electrons. The monoisotopic (exact) mass is 329 g/mol. The summed E-state index contributed by atoms with van der Waals surface area (Å²) in [5.74, 6) is 0.693. The predicted molar refractivity (Wildman–Crippen MR) is 90.5 cm³/mol. The number of pyridine rings is 1. The van der Waals surface area contributed by atoms with Crippen LogP contribution in [0.3, 0.4) is 0 Å². The van der Waals surface area contributed by atoms with Crippen LogP contribution < -0.4 is 5.69 Å². The van der Waals surface area contributed by atoms with Gasteiger partial charge < -0.3 is 0 Å². The summed E-state index contributed by atoms with van der Waals surface area (Å²) in [5.41, 5.74) is 1.30. The first-order chi connectivity index (χ1) is 10.7. The number of halogens is 1. The summed E-state index contributed by atoms with van der Waals surface area (Å²) in [4.78, 5) is 20.2. The second kappa shape index (κ2) is 6.77. The molecule has 0 spiro atoms. The highest BCUT2D eigenvalue weighted by atomic mass is 35.5. The molecule has 22 heavy (non-hydrogen) atoms. The van der Waals surface area contributed by atoms with Gasteiger partial charge in [-0.1, -0.05) is 65.8 Å². The third-order valence-corrected chi connectivity index (χ3v) is 3.94. The lowest BCUT2D eigenvalue weighted by Gasteiger charge is -2.02. The Labute approximate surface area is 136 Å². The Morgan fingerprint density at radius 1 is 1.14 bits per heavy atom. The van der Waals surface area contributed by atoms with Crippen molar-refractivity contribution in [1.82, 2.24) is 14.4 Å². The van der Waals surface area contributed by atoms with Crippen molar-refractivity contribution in [2.45, 2.75) is 5.16 Å². The highest BCUT2D eigenvalue weighted by Gasteiger charge is 2.04. The molecule has 0 atom stereocenters. The molecule has 3 aromatic rings. The number of aromatic nitrogens is 3. The number of hydrogen-bond donors (Lipinski definition) is 0. The minimum atomic E-state index is -0.373. The van der Waals surface area contributed by atoms with Crippen molar-refractivity contribution in [1.29, 1.82) is 0 Å². The summed E-state index contributed by atoms with van der Waals surface area (Å²) in [6.45, 7) is 0. The van der Waals surface area contributed by atoms with E-state index in [-0.39, 0.29) is 5.69 Å². The second-order valence-corrected chi connectivity index (χ2v) is 5.91. The largest absolute Gasteiger partial charge is 0.355 e. The van der Waals surface area contributed by atoms with Crippen LogP contribution in [-0.4, -0.2) is 20.1 Å². The van der Waals surface area contributed by atoms with Gasteiger partial charge >= 0.3 is 5.69 Å². The molecule has 110 valence electrons. The predicted octanol–water partition coefficient (Wildman–Crippen LogP) is 3.55. The Morgan fingerprint density at radius 2 is 1.95 bits per heavy atom. The summed E-state index contributed by atoms with van der Waals surface area (Å²) in [7, 11) is 0. The van der Waals surface area contributed by atoms with Crippen LogP contribution in [0.1, 0.15) is 5.56 Å². The fourth-order valence-corrected chi connectivity index (χ4v) is 2.71. The van der Waals surface area contributed by atoms with Crippen LogP contribution >= 0.6 is 23.4 Å². The van der Waals surface area contributed by atoms with E-state index in [1.807, 2.05) is 42.5 Å². The van der Waals surface area contributed by atoms with Crippen LogP contribution in [0.25, 0.3) is 11.7 Å². The summed E-state index contributed by atoms with van der Waals surface area (Å²) in [6.07, 6.45) is 5.57. The van der Waals surface area contributed by atoms with E-state index >= 15 is 0 Å². The average molecular weight is 330 g/mol. The van der Waals surface area contributed by atoms with Gasteiger partial charge in [0.05, 0.1) is 5.02 Å². The van der Waals surface area contributed by atoms with Gasteiger partial charge in [0.15, 0.2) is 5.16 Å². The zero-order valence-electron chi connectivity index (χ0n) is 11.5. The Morgan fingerprint density at radius 3 is 2.77 bits per heavy atom. The van der Waals surface area contributed by atoms with Gasteiger partial charge in [0, 0.05) is 11.9 Å². The summed E-state index contributed by atoms with van der Waals surface area (Å²) >= 11 is 7.28. The molecule has 0 aliphatic rings. The molecule has 0 unspecified atom stereocenters. The molecule has 0 aliphatic carbocycles. The zero-order valence-corrected chi connectivity index (χ0v) is 13.1. The van der Waals surface area contributed by atoms with E-state index in [9.17, 15) is 4.79 Å². The third kappa shape index (κ3) is 3.55. The first-order valence-corrected chi connectivity index (χ1v) is 7.99. The van der Waals surface area contributed by atoms with Crippen LogP contribution in [0.15, 0.2) is 64.7 Å². The number of benzene rings is 1. The van der Waals surface area contributed by atoms with Crippen molar-refractivity contribution in [3.63, 3.8) is 0 Å². The van der Waals surface area contributed by atoms with Gasteiger partial charge in [0.25, 0.3) is 0 Å². The minimum Gasteiger partial charge on any atom is -0.250 e. The van der Waals surface area contributed by atoms with E-state index in [0.717, 1.165) is 5.56 Å². The maximum absolute atomic E-state index is 11.9. The zero-order chi connectivity index (χ0) is 15.4. The highest BCUT2D eigenvalue weighted by molar-refractivity contribution is 7.99. The fraction of sp³-hybridized carbons (Fsp3) is 0.0625. The first kappa shape index (κ1) is 14.8. The van der Waals surface area contributed by atoms with E-state index in [2.05, 4.69) is 9.97 Å². The third-order valence-electron chi connectivity index (χ3n) is 2.92. The van der Waals surface area contributed by atoms with Crippen LogP contribution in [0, 0.1) is 0 Å². The maximum atomic E-state index is 11.9. The number of thioether (sulfide) groups is 1. The Bertz CT molecular complexity index is 877. The normalized spacial score (nSPS) is 11.3. The molecule has 0 aliphatic heterocycles. The van der Waals surface area contributed by atoms with Crippen molar-refractivity contribution in [3.05, 3.63) is 75.8 Å². The van der Waals surface area contributed by atoms with Gasteiger partial charge in [0.1, 0.15) is 5.65 Å². The Hall–Kier alpha value is -2.11. The molecule has 6 heteroatoms. The standard InChI is InChI=1S/C16H12ClN3OS/c17-13-8-9-14-18-15(19-16(21)20(14)11-13)22-10-4-7-12-5-2-1-3-6-12/h1-9,11H,10H2. The summed E-state index contributed by atoms with van der Waals surface area (Å²) < 4.78 is 1.34. The first-order valence-electron chi connectivity index (χ1n) is 6.63. The van der Waals surface area contributed by atoms with Crippen LogP contribution in [0.5, 0.6) is 0 Å². The lowest BCUT2D eigenvalue weighted by molar-refractivity contribution is 0.848. The van der Waals surface area contributed by atoms with Gasteiger partial charge in [-0.15, -0.1) is 0 Å². The van der Waals surface area contributed by atoms with Gasteiger partial charge in [-0.25, -0.2) is 14.2 Å². The lowest BCUT2D eigenvalue weighted by atomic mass is 10.2. The van der Waals surface area contributed by atoms with Gasteiger partial charge in [0.2, 0.25) is 0 Å². The second-order valence-electron chi connectivity index (χ2n) is 4.49. The van der Waals surface area contributed by atoms with E-state index in [4.69, 9.17) is 11.6 Å². The molecule has 3 rings (SSSR count). The quantitative estimate of drug-likeness (QED) is 0.687. The molecule has 0 saturated carbocycles. The van der Waals surface area contributed by atoms with E-state index < -0.39 is 0 Å². The average Bonchev–Trinajstić information content (AvgIpc) is 2.53. The number of nitrogens with zero attached hydrogens (tertiary/aromatic N) is 3. The minimum absolute atomic E-state index is 0.373. The van der Waals surface area contributed by atoms with E-state index in [0.29, 0.717) is 21.6 Å². The smallest absolute Gasteiger partial charge is 0.250 e. The van der Waals surface area contributed by atoms with E-state index in [1.165, 1.54) is 22.4 Å². The van der Waals surface area contributed by atoms with Crippen molar-refractivity contribution < 1.29 is 0 Å². The molecule has 2 aromatic heterocycles. The molecule has 0 bridgehead atoms. The topological polar surface area (TPSA) is 47.3 Å². The number of fused-ring (bicyclic) bond motifs is 1. The van der Waals surface area contributed by atoms with Crippen molar-refractivity contribution in [2.24, 2.45) is 0 Å². The summed E-state index contributed by atoms with van der Waals surface area (Å²) in [5, 5.41) is 0.939. The van der Waals surface area contributed by atoms with Crippen molar-refractivity contribution in [3.8, 4) is 0 Å². The van der Waals surface area contributed by atoms with Gasteiger partial charge in [-0.3, -0.25) is 0 Å². The molecule has 2 heterocycles. The molecule has 0 amide bonds. The molecule has 0 fully saturated rings. The molecule has 4 nitrogen and oxygen atoms in total. The molecule has 0 N–H and O–H groups in total. The number of rotatable bonds is 4. The summed E-state index contributed by atoms with van der Waals surface area (Å²) in [6, 6.07) is 13.4. The Kier molecular flexibility index (Phi) is 4.56. The van der Waals surface area contributed by atoms with Gasteiger partial charge in [-0.2, -0.15) is 4.98 Å². The molecular weight excluding hydrogens is 318 g/mol. The highest BCUT2D eigenvalue weighted by Crippen LogP contribution is 2.14. The molecular formula is C16H12ClN3OS. The van der Waals surface area contributed by atoms with Gasteiger partial charge in [-0.05, 0) is 17.7 Å². The van der Waals surface area contributed by atoms with Crippen molar-refractivity contribution >= 4 is 35.1 Å². The maximum Gasteiger partial charge on any atom is 0.355 e. The fourth-order valence-electron chi connectivity index (χ4n) is 1.91. The lowest BCUT2D eigenvalue weighted by Crippen LogP contribution is -2.18. The van der Waals surface area contributed by atoms with Crippen LogP contribution in [0.4, 0.5) is 0 Å². The SMILES string of the molecule is O=c1nc(SCC=Cc2ccccc2)nc2ccc(Cl)cn12. The Balaban J connectivity index is 1.73. The van der Waals surface area contributed by atoms with Crippen LogP contribution in [0.2, 0.25) is 5.02 Å². The van der Waals surface area contributed by atoms with Crippen LogP contribution in [-0.2, 0) is 0 Å².